The highest BCUT2D eigenvalue weighted by atomic mass is 35.5. The predicted octanol–water partition coefficient (Wildman–Crippen LogP) is 4.92. The van der Waals surface area contributed by atoms with E-state index < -0.39 is 18.0 Å². The Morgan fingerprint density at radius 1 is 1.14 bits per heavy atom. The molecule has 0 bridgehead atoms. The molecule has 0 radical (unpaired) electrons. The standard InChI is InChI=1S/C22H22ClN3O3/c1-4-19(21(27)26-18-8-6-5-7-17(18)23)29-22(28)16-11-9-15(10-12-16)20-24-13(2)14(3)25-20/h5-12,19H,4H2,1-3H3,(H,24,25)(H,26,27). The lowest BCUT2D eigenvalue weighted by molar-refractivity contribution is -0.124. The van der Waals surface area contributed by atoms with Gasteiger partial charge < -0.3 is 15.0 Å². The summed E-state index contributed by atoms with van der Waals surface area (Å²) < 4.78 is 5.41. The monoisotopic (exact) mass is 411 g/mol. The minimum Gasteiger partial charge on any atom is -0.449 e. The number of rotatable bonds is 6. The molecule has 0 spiro atoms. The van der Waals surface area contributed by atoms with Gasteiger partial charge in [0.05, 0.1) is 22.0 Å². The molecule has 0 aliphatic rings. The van der Waals surface area contributed by atoms with Gasteiger partial charge in [-0.25, -0.2) is 9.78 Å². The molecule has 0 fully saturated rings. The van der Waals surface area contributed by atoms with Crippen LogP contribution in [0.25, 0.3) is 11.4 Å². The third-order valence-corrected chi connectivity index (χ3v) is 4.90. The highest BCUT2D eigenvalue weighted by molar-refractivity contribution is 6.33. The summed E-state index contributed by atoms with van der Waals surface area (Å²) in [6.45, 7) is 5.66. The van der Waals surface area contributed by atoms with Gasteiger partial charge in [0.2, 0.25) is 0 Å². The van der Waals surface area contributed by atoms with Crippen molar-refractivity contribution in [2.45, 2.75) is 33.3 Å². The van der Waals surface area contributed by atoms with Crippen LogP contribution in [0.2, 0.25) is 5.02 Å². The topological polar surface area (TPSA) is 84.1 Å². The maximum Gasteiger partial charge on any atom is 0.338 e. The Morgan fingerprint density at radius 2 is 1.83 bits per heavy atom. The molecule has 0 aliphatic heterocycles. The molecule has 2 N–H and O–H groups in total. The number of esters is 1. The summed E-state index contributed by atoms with van der Waals surface area (Å²) in [4.78, 5) is 32.6. The zero-order valence-electron chi connectivity index (χ0n) is 16.5. The molecule has 29 heavy (non-hydrogen) atoms. The van der Waals surface area contributed by atoms with E-state index in [1.54, 1.807) is 55.5 Å². The summed E-state index contributed by atoms with van der Waals surface area (Å²) in [7, 11) is 0. The number of ether oxygens (including phenoxy) is 1. The van der Waals surface area contributed by atoms with Crippen LogP contribution in [0.15, 0.2) is 48.5 Å². The Hall–Kier alpha value is -3.12. The molecule has 7 heteroatoms. The number of aryl methyl sites for hydroxylation is 2. The lowest BCUT2D eigenvalue weighted by Gasteiger charge is -2.16. The largest absolute Gasteiger partial charge is 0.449 e. The van der Waals surface area contributed by atoms with Gasteiger partial charge in [-0.2, -0.15) is 0 Å². The molecule has 6 nitrogen and oxygen atoms in total. The van der Waals surface area contributed by atoms with Crippen molar-refractivity contribution >= 4 is 29.2 Å². The van der Waals surface area contributed by atoms with Gasteiger partial charge >= 0.3 is 5.97 Å². The second kappa shape index (κ2) is 8.92. The number of H-pyrrole nitrogens is 1. The molecular formula is C22H22ClN3O3. The van der Waals surface area contributed by atoms with Gasteiger partial charge in [0.25, 0.3) is 5.91 Å². The third kappa shape index (κ3) is 4.84. The zero-order chi connectivity index (χ0) is 21.0. The van der Waals surface area contributed by atoms with E-state index in [1.165, 1.54) is 0 Å². The van der Waals surface area contributed by atoms with Crippen LogP contribution < -0.4 is 5.32 Å². The summed E-state index contributed by atoms with van der Waals surface area (Å²) in [6, 6.07) is 13.8. The molecule has 0 saturated heterocycles. The van der Waals surface area contributed by atoms with E-state index in [0.717, 1.165) is 22.8 Å². The molecule has 150 valence electrons. The van der Waals surface area contributed by atoms with Crippen LogP contribution in [0.5, 0.6) is 0 Å². The van der Waals surface area contributed by atoms with E-state index >= 15 is 0 Å². The fourth-order valence-corrected chi connectivity index (χ4v) is 2.93. The SMILES string of the molecule is CCC(OC(=O)c1ccc(-c2nc(C)c(C)[nH]2)cc1)C(=O)Nc1ccccc1Cl. The maximum atomic E-state index is 12.5. The van der Waals surface area contributed by atoms with Crippen molar-refractivity contribution in [3.8, 4) is 11.4 Å². The number of halogens is 1. The van der Waals surface area contributed by atoms with Gasteiger partial charge in [-0.15, -0.1) is 0 Å². The highest BCUT2D eigenvalue weighted by Crippen LogP contribution is 2.22. The molecule has 2 aromatic carbocycles. The lowest BCUT2D eigenvalue weighted by atomic mass is 10.1. The molecule has 1 aromatic heterocycles. The number of carbonyl (C=O) groups excluding carboxylic acids is 2. The Morgan fingerprint density at radius 3 is 2.41 bits per heavy atom. The van der Waals surface area contributed by atoms with Gasteiger partial charge in [-0.05, 0) is 44.5 Å². The van der Waals surface area contributed by atoms with Crippen molar-refractivity contribution in [3.05, 3.63) is 70.5 Å². The first-order valence-corrected chi connectivity index (χ1v) is 9.66. The van der Waals surface area contributed by atoms with Gasteiger partial charge in [-0.3, -0.25) is 4.79 Å². The number of anilines is 1. The van der Waals surface area contributed by atoms with E-state index in [0.29, 0.717) is 22.7 Å². The second-order valence-corrected chi connectivity index (χ2v) is 7.05. The van der Waals surface area contributed by atoms with Crippen molar-refractivity contribution < 1.29 is 14.3 Å². The van der Waals surface area contributed by atoms with Crippen LogP contribution >= 0.6 is 11.6 Å². The van der Waals surface area contributed by atoms with Crippen molar-refractivity contribution in [2.24, 2.45) is 0 Å². The maximum absolute atomic E-state index is 12.5. The van der Waals surface area contributed by atoms with Crippen LogP contribution in [0.3, 0.4) is 0 Å². The smallest absolute Gasteiger partial charge is 0.338 e. The van der Waals surface area contributed by atoms with Crippen molar-refractivity contribution in [2.75, 3.05) is 5.32 Å². The summed E-state index contributed by atoms with van der Waals surface area (Å²) in [5, 5.41) is 3.11. The quantitative estimate of drug-likeness (QED) is 0.564. The number of hydrogen-bond donors (Lipinski definition) is 2. The lowest BCUT2D eigenvalue weighted by Crippen LogP contribution is -2.32. The Bertz CT molecular complexity index is 1010. The number of amides is 1. The first kappa shape index (κ1) is 20.6. The zero-order valence-corrected chi connectivity index (χ0v) is 17.2. The van der Waals surface area contributed by atoms with E-state index in [9.17, 15) is 9.59 Å². The predicted molar refractivity (Wildman–Crippen MR) is 113 cm³/mol. The minimum atomic E-state index is -0.922. The van der Waals surface area contributed by atoms with Crippen LogP contribution in [0.4, 0.5) is 5.69 Å². The van der Waals surface area contributed by atoms with Crippen LogP contribution in [0, 0.1) is 13.8 Å². The molecule has 1 amide bonds. The number of imidazole rings is 1. The first-order valence-electron chi connectivity index (χ1n) is 9.29. The fraction of sp³-hybridized carbons (Fsp3) is 0.227. The van der Waals surface area contributed by atoms with Crippen molar-refractivity contribution in [3.63, 3.8) is 0 Å². The number of aromatic nitrogens is 2. The van der Waals surface area contributed by atoms with Crippen LogP contribution in [-0.2, 0) is 9.53 Å². The normalized spacial score (nSPS) is 11.7. The Labute approximate surface area is 174 Å². The van der Waals surface area contributed by atoms with Gasteiger partial charge in [-0.1, -0.05) is 42.8 Å². The van der Waals surface area contributed by atoms with Crippen LogP contribution in [0.1, 0.15) is 35.1 Å². The number of benzene rings is 2. The molecule has 3 aromatic rings. The van der Waals surface area contributed by atoms with Crippen LogP contribution in [-0.4, -0.2) is 27.9 Å². The van der Waals surface area contributed by atoms with E-state index in [2.05, 4.69) is 15.3 Å². The summed E-state index contributed by atoms with van der Waals surface area (Å²) in [5.41, 5.74) is 3.62. The number of para-hydroxylation sites is 1. The van der Waals surface area contributed by atoms with Gasteiger partial charge in [0, 0.05) is 11.3 Å². The average molecular weight is 412 g/mol. The first-order chi connectivity index (χ1) is 13.9. The van der Waals surface area contributed by atoms with Gasteiger partial charge in [0.15, 0.2) is 6.10 Å². The fourth-order valence-electron chi connectivity index (χ4n) is 2.74. The van der Waals surface area contributed by atoms with E-state index in [1.807, 2.05) is 13.8 Å². The highest BCUT2D eigenvalue weighted by Gasteiger charge is 2.22. The number of hydrogen-bond acceptors (Lipinski definition) is 4. The summed E-state index contributed by atoms with van der Waals surface area (Å²) in [6.07, 6.45) is -0.584. The van der Waals surface area contributed by atoms with Crippen molar-refractivity contribution in [1.82, 2.24) is 9.97 Å². The van der Waals surface area contributed by atoms with Crippen molar-refractivity contribution in [1.29, 1.82) is 0 Å². The molecule has 3 rings (SSSR count). The minimum absolute atomic E-state index is 0.338. The summed E-state index contributed by atoms with van der Waals surface area (Å²) in [5.74, 6) is -0.248. The summed E-state index contributed by atoms with van der Waals surface area (Å²) >= 11 is 6.06. The number of nitrogens with one attached hydrogen (secondary N) is 2. The molecular weight excluding hydrogens is 390 g/mol. The second-order valence-electron chi connectivity index (χ2n) is 6.64. The molecule has 0 saturated carbocycles. The molecule has 1 unspecified atom stereocenters. The number of nitrogens with zero attached hydrogens (tertiary/aromatic N) is 1. The molecule has 1 atom stereocenters. The Kier molecular flexibility index (Phi) is 6.34. The van der Waals surface area contributed by atoms with E-state index in [4.69, 9.17) is 16.3 Å². The Balaban J connectivity index is 1.67. The molecule has 0 aliphatic carbocycles. The average Bonchev–Trinajstić information content (AvgIpc) is 3.06. The third-order valence-electron chi connectivity index (χ3n) is 4.57. The number of aromatic amines is 1. The molecule has 1 heterocycles. The van der Waals surface area contributed by atoms with Gasteiger partial charge in [0.1, 0.15) is 5.82 Å². The van der Waals surface area contributed by atoms with E-state index in [-0.39, 0.29) is 0 Å². The number of carbonyl (C=O) groups is 2.